The van der Waals surface area contributed by atoms with E-state index in [1.807, 2.05) is 0 Å². The van der Waals surface area contributed by atoms with E-state index in [0.717, 1.165) is 12.8 Å². The average molecular weight is 239 g/mol. The van der Waals surface area contributed by atoms with Crippen molar-refractivity contribution in [2.45, 2.75) is 39.8 Å². The molecule has 5 heteroatoms. The molecule has 0 aromatic carbocycles. The normalized spacial score (nSPS) is 11.1. The van der Waals surface area contributed by atoms with Crippen LogP contribution in [0, 0.1) is 5.92 Å². The maximum Gasteiger partial charge on any atom is 0.331 e. The minimum absolute atomic E-state index is 0.258. The summed E-state index contributed by atoms with van der Waals surface area (Å²) in [7, 11) is 0. The zero-order valence-corrected chi connectivity index (χ0v) is 10.6. The van der Waals surface area contributed by atoms with Crippen molar-refractivity contribution < 1.29 is 0 Å². The predicted molar refractivity (Wildman–Crippen MR) is 68.1 cm³/mol. The Hall–Kier alpha value is -1.36. The van der Waals surface area contributed by atoms with Gasteiger partial charge in [-0.3, -0.25) is 9.36 Å². The fourth-order valence-corrected chi connectivity index (χ4v) is 1.73. The van der Waals surface area contributed by atoms with Crippen LogP contribution in [0.2, 0.25) is 0 Å². The molecule has 1 rings (SSSR count). The highest BCUT2D eigenvalue weighted by Gasteiger charge is 2.04. The van der Waals surface area contributed by atoms with Crippen LogP contribution < -0.4 is 17.0 Å². The molecule has 17 heavy (non-hydrogen) atoms. The van der Waals surface area contributed by atoms with Gasteiger partial charge in [-0.25, -0.2) is 4.79 Å². The minimum atomic E-state index is -0.277. The lowest BCUT2D eigenvalue weighted by Crippen LogP contribution is -2.40. The molecule has 0 radical (unpaired) electrons. The van der Waals surface area contributed by atoms with Crippen molar-refractivity contribution in [2.24, 2.45) is 11.7 Å². The molecule has 1 aromatic rings. The van der Waals surface area contributed by atoms with E-state index in [1.54, 1.807) is 10.8 Å². The van der Waals surface area contributed by atoms with Crippen molar-refractivity contribution in [3.8, 4) is 0 Å². The lowest BCUT2D eigenvalue weighted by molar-refractivity contribution is 0.484. The standard InChI is InChI=1S/C12H21N3O2/c1-10(2)4-3-7-14-8-5-11(16)15(9-6-13)12(14)17/h5,8,10H,3-4,6-7,9,13H2,1-2H3. The molecular formula is C12H21N3O2. The van der Waals surface area contributed by atoms with Crippen molar-refractivity contribution in [1.82, 2.24) is 9.13 Å². The largest absolute Gasteiger partial charge is 0.331 e. The zero-order chi connectivity index (χ0) is 12.8. The number of nitrogens with zero attached hydrogens (tertiary/aromatic N) is 2. The number of hydrogen-bond acceptors (Lipinski definition) is 3. The van der Waals surface area contributed by atoms with E-state index in [-0.39, 0.29) is 17.8 Å². The molecule has 5 nitrogen and oxygen atoms in total. The van der Waals surface area contributed by atoms with Gasteiger partial charge in [0.25, 0.3) is 5.56 Å². The number of nitrogens with two attached hydrogens (primary N) is 1. The first-order valence-corrected chi connectivity index (χ1v) is 6.06. The maximum absolute atomic E-state index is 11.9. The molecule has 0 aliphatic carbocycles. The highest BCUT2D eigenvalue weighted by molar-refractivity contribution is 4.86. The minimum Gasteiger partial charge on any atom is -0.329 e. The van der Waals surface area contributed by atoms with Crippen molar-refractivity contribution in [3.05, 3.63) is 33.1 Å². The second-order valence-corrected chi connectivity index (χ2v) is 4.61. The number of aromatic nitrogens is 2. The van der Waals surface area contributed by atoms with Gasteiger partial charge in [-0.1, -0.05) is 13.8 Å². The summed E-state index contributed by atoms with van der Waals surface area (Å²) in [5, 5.41) is 0. The van der Waals surface area contributed by atoms with Crippen molar-refractivity contribution in [1.29, 1.82) is 0 Å². The molecular weight excluding hydrogens is 218 g/mol. The molecule has 0 atom stereocenters. The second kappa shape index (κ2) is 6.39. The summed E-state index contributed by atoms with van der Waals surface area (Å²) >= 11 is 0. The Morgan fingerprint density at radius 2 is 2.00 bits per heavy atom. The summed E-state index contributed by atoms with van der Waals surface area (Å²) in [6, 6.07) is 1.42. The Bertz CT molecular complexity index is 460. The number of aryl methyl sites for hydroxylation is 1. The summed E-state index contributed by atoms with van der Waals surface area (Å²) in [6.07, 6.45) is 3.58. The third-order valence-corrected chi connectivity index (χ3v) is 2.67. The van der Waals surface area contributed by atoms with E-state index in [4.69, 9.17) is 5.73 Å². The van der Waals surface area contributed by atoms with Gasteiger partial charge in [0, 0.05) is 31.9 Å². The van der Waals surface area contributed by atoms with Gasteiger partial charge in [0.15, 0.2) is 0 Å². The molecule has 96 valence electrons. The molecule has 0 aliphatic heterocycles. The van der Waals surface area contributed by atoms with E-state index in [1.165, 1.54) is 10.6 Å². The zero-order valence-electron chi connectivity index (χ0n) is 10.6. The maximum atomic E-state index is 11.9. The molecule has 2 N–H and O–H groups in total. The van der Waals surface area contributed by atoms with E-state index in [0.29, 0.717) is 19.0 Å². The Kier molecular flexibility index (Phi) is 5.15. The molecule has 0 spiro atoms. The van der Waals surface area contributed by atoms with Crippen LogP contribution >= 0.6 is 0 Å². The predicted octanol–water partition coefficient (Wildman–Crippen LogP) is 0.405. The van der Waals surface area contributed by atoms with Crippen molar-refractivity contribution in [2.75, 3.05) is 6.54 Å². The fraction of sp³-hybridized carbons (Fsp3) is 0.667. The Morgan fingerprint density at radius 3 is 2.59 bits per heavy atom. The van der Waals surface area contributed by atoms with Crippen LogP contribution in [0.5, 0.6) is 0 Å². The van der Waals surface area contributed by atoms with Gasteiger partial charge in [-0.15, -0.1) is 0 Å². The van der Waals surface area contributed by atoms with E-state index >= 15 is 0 Å². The Labute approximate surface area is 101 Å². The van der Waals surface area contributed by atoms with E-state index < -0.39 is 0 Å². The van der Waals surface area contributed by atoms with E-state index in [2.05, 4.69) is 13.8 Å². The molecule has 0 aliphatic rings. The first-order valence-electron chi connectivity index (χ1n) is 6.06. The fourth-order valence-electron chi connectivity index (χ4n) is 1.73. The van der Waals surface area contributed by atoms with Crippen LogP contribution in [0.3, 0.4) is 0 Å². The summed E-state index contributed by atoms with van der Waals surface area (Å²) < 4.78 is 2.77. The third kappa shape index (κ3) is 3.85. The highest BCUT2D eigenvalue weighted by atomic mass is 16.2. The average Bonchev–Trinajstić information content (AvgIpc) is 2.27. The molecule has 0 fully saturated rings. The lowest BCUT2D eigenvalue weighted by atomic mass is 10.1. The molecule has 1 heterocycles. The van der Waals surface area contributed by atoms with Gasteiger partial charge in [0.2, 0.25) is 0 Å². The van der Waals surface area contributed by atoms with Crippen LogP contribution in [-0.2, 0) is 13.1 Å². The molecule has 0 amide bonds. The quantitative estimate of drug-likeness (QED) is 0.781. The summed E-state index contributed by atoms with van der Waals surface area (Å²) in [5.41, 5.74) is 4.85. The van der Waals surface area contributed by atoms with Gasteiger partial charge in [0.1, 0.15) is 0 Å². The van der Waals surface area contributed by atoms with Crippen LogP contribution in [0.4, 0.5) is 0 Å². The monoisotopic (exact) mass is 239 g/mol. The van der Waals surface area contributed by atoms with Crippen LogP contribution in [0.25, 0.3) is 0 Å². The van der Waals surface area contributed by atoms with Gasteiger partial charge in [0.05, 0.1) is 0 Å². The Morgan fingerprint density at radius 1 is 1.29 bits per heavy atom. The first kappa shape index (κ1) is 13.7. The van der Waals surface area contributed by atoms with Gasteiger partial charge in [-0.2, -0.15) is 0 Å². The molecule has 0 saturated heterocycles. The van der Waals surface area contributed by atoms with Crippen LogP contribution in [0.1, 0.15) is 26.7 Å². The van der Waals surface area contributed by atoms with Gasteiger partial charge < -0.3 is 10.3 Å². The van der Waals surface area contributed by atoms with Crippen molar-refractivity contribution in [3.63, 3.8) is 0 Å². The van der Waals surface area contributed by atoms with Crippen LogP contribution in [0.15, 0.2) is 21.9 Å². The molecule has 1 aromatic heterocycles. The van der Waals surface area contributed by atoms with Gasteiger partial charge >= 0.3 is 5.69 Å². The number of rotatable bonds is 6. The topological polar surface area (TPSA) is 70.0 Å². The SMILES string of the molecule is CC(C)CCCn1ccc(=O)n(CCN)c1=O. The second-order valence-electron chi connectivity index (χ2n) is 4.61. The Balaban J connectivity index is 2.84. The lowest BCUT2D eigenvalue weighted by Gasteiger charge is -2.09. The van der Waals surface area contributed by atoms with Crippen molar-refractivity contribution >= 4 is 0 Å². The third-order valence-electron chi connectivity index (χ3n) is 2.67. The van der Waals surface area contributed by atoms with E-state index in [9.17, 15) is 9.59 Å². The summed E-state index contributed by atoms with van der Waals surface area (Å²) in [4.78, 5) is 23.4. The molecule has 0 bridgehead atoms. The summed E-state index contributed by atoms with van der Waals surface area (Å²) in [6.45, 7) is 5.53. The first-order chi connectivity index (χ1) is 8.06. The molecule has 0 unspecified atom stereocenters. The highest BCUT2D eigenvalue weighted by Crippen LogP contribution is 2.03. The smallest absolute Gasteiger partial charge is 0.329 e. The summed E-state index contributed by atoms with van der Waals surface area (Å²) in [5.74, 6) is 0.626. The van der Waals surface area contributed by atoms with Crippen LogP contribution in [-0.4, -0.2) is 15.7 Å². The number of hydrogen-bond donors (Lipinski definition) is 1. The van der Waals surface area contributed by atoms with Gasteiger partial charge in [-0.05, 0) is 18.8 Å². The molecule has 0 saturated carbocycles.